The number of fused-ring (bicyclic) bond motifs is 1. The van der Waals surface area contributed by atoms with Crippen LogP contribution in [0.1, 0.15) is 87.4 Å². The van der Waals surface area contributed by atoms with Crippen LogP contribution in [0.2, 0.25) is 0 Å². The number of carbonyl (C=O) groups is 2. The maximum absolute atomic E-state index is 13.0. The molecule has 0 aliphatic carbocycles. The largest absolute Gasteiger partial charge is 0.508 e. The van der Waals surface area contributed by atoms with Crippen LogP contribution in [0.3, 0.4) is 0 Å². The lowest BCUT2D eigenvalue weighted by Gasteiger charge is -2.37. The number of aromatic hydroxyl groups is 1. The Morgan fingerprint density at radius 3 is 2.41 bits per heavy atom. The van der Waals surface area contributed by atoms with Gasteiger partial charge in [0.25, 0.3) is 5.91 Å². The minimum atomic E-state index is -0.422. The van der Waals surface area contributed by atoms with Gasteiger partial charge in [0.05, 0.1) is 23.5 Å². The number of nitriles is 1. The van der Waals surface area contributed by atoms with Crippen molar-refractivity contribution in [3.8, 4) is 11.8 Å². The van der Waals surface area contributed by atoms with Gasteiger partial charge in [0.15, 0.2) is 0 Å². The van der Waals surface area contributed by atoms with Crippen molar-refractivity contribution in [2.24, 2.45) is 18.4 Å². The quantitative estimate of drug-likeness (QED) is 0.421. The molecule has 1 saturated heterocycles. The zero-order chi connectivity index (χ0) is 29.1. The standard InChI is InChI=1S/C29H35N5O3.C2H6/c1-17-24(32-27(36)21-11-19(14-30)12-22(35)13-21)15-31-26-25(17)23(16-33(26)6)20-7-9-34(10-8-20)28(37)18(2)29(3,4)5;1-2/h11-13,15-16,18,20,35H,7-10H2,1-6H3,(H,32,36);1-2H3. The fourth-order valence-corrected chi connectivity index (χ4v) is 5.03. The molecule has 8 nitrogen and oxygen atoms in total. The molecule has 0 radical (unpaired) electrons. The summed E-state index contributed by atoms with van der Waals surface area (Å²) >= 11 is 0. The van der Waals surface area contributed by atoms with Gasteiger partial charge in [-0.15, -0.1) is 0 Å². The molecule has 8 heteroatoms. The molecule has 1 aliphatic heterocycles. The van der Waals surface area contributed by atoms with E-state index in [1.807, 2.05) is 50.3 Å². The van der Waals surface area contributed by atoms with Crippen LogP contribution in [0.25, 0.3) is 11.0 Å². The third-order valence-corrected chi connectivity index (χ3v) is 7.75. The predicted molar refractivity (Wildman–Crippen MR) is 155 cm³/mol. The number of nitrogens with one attached hydrogen (secondary N) is 1. The Bertz CT molecular complexity index is 1400. The molecule has 0 spiro atoms. The smallest absolute Gasteiger partial charge is 0.255 e. The van der Waals surface area contributed by atoms with Crippen LogP contribution in [0.5, 0.6) is 5.75 Å². The fraction of sp³-hybridized carbons (Fsp3) is 0.484. The highest BCUT2D eigenvalue weighted by Crippen LogP contribution is 2.38. The number of hydrogen-bond donors (Lipinski definition) is 2. The normalized spacial score (nSPS) is 14.8. The highest BCUT2D eigenvalue weighted by molar-refractivity contribution is 6.06. The number of benzene rings is 1. The predicted octanol–water partition coefficient (Wildman–Crippen LogP) is 6.13. The van der Waals surface area contributed by atoms with Crippen LogP contribution in [0.4, 0.5) is 5.69 Å². The van der Waals surface area contributed by atoms with Crippen molar-refractivity contribution >= 4 is 28.5 Å². The van der Waals surface area contributed by atoms with Crippen LogP contribution in [0, 0.1) is 29.6 Å². The first kappa shape index (κ1) is 29.7. The van der Waals surface area contributed by atoms with E-state index in [0.29, 0.717) is 5.69 Å². The minimum absolute atomic E-state index is 0.0324. The summed E-state index contributed by atoms with van der Waals surface area (Å²) in [5.41, 5.74) is 3.86. The third kappa shape index (κ3) is 6.25. The molecule has 39 heavy (non-hydrogen) atoms. The number of piperidine rings is 1. The summed E-state index contributed by atoms with van der Waals surface area (Å²) in [5.74, 6) is -0.0860. The summed E-state index contributed by atoms with van der Waals surface area (Å²) in [4.78, 5) is 32.6. The summed E-state index contributed by atoms with van der Waals surface area (Å²) in [6, 6.07) is 6.05. The van der Waals surface area contributed by atoms with Gasteiger partial charge in [-0.2, -0.15) is 5.26 Å². The van der Waals surface area contributed by atoms with Gasteiger partial charge in [-0.1, -0.05) is 41.5 Å². The molecule has 4 rings (SSSR count). The Morgan fingerprint density at radius 1 is 1.18 bits per heavy atom. The average Bonchev–Trinajstić information content (AvgIpc) is 3.26. The van der Waals surface area contributed by atoms with Crippen molar-refractivity contribution in [1.82, 2.24) is 14.5 Å². The molecule has 1 aliphatic rings. The topological polar surface area (TPSA) is 111 Å². The number of carbonyl (C=O) groups excluding carboxylic acids is 2. The molecule has 0 bridgehead atoms. The van der Waals surface area contributed by atoms with Crippen molar-refractivity contribution in [2.45, 2.75) is 67.2 Å². The highest BCUT2D eigenvalue weighted by Gasteiger charge is 2.33. The van der Waals surface area contributed by atoms with E-state index in [1.54, 1.807) is 6.20 Å². The van der Waals surface area contributed by atoms with Crippen molar-refractivity contribution in [1.29, 1.82) is 5.26 Å². The summed E-state index contributed by atoms with van der Waals surface area (Å²) in [6.07, 6.45) is 5.50. The first-order chi connectivity index (χ1) is 18.4. The number of rotatable bonds is 4. The van der Waals surface area contributed by atoms with Gasteiger partial charge in [-0.25, -0.2) is 4.98 Å². The van der Waals surface area contributed by atoms with Gasteiger partial charge >= 0.3 is 0 Å². The van der Waals surface area contributed by atoms with Crippen LogP contribution in [-0.2, 0) is 11.8 Å². The van der Waals surface area contributed by atoms with Crippen molar-refractivity contribution in [3.63, 3.8) is 0 Å². The molecular formula is C31H41N5O3. The second-order valence-corrected chi connectivity index (χ2v) is 11.2. The molecule has 1 aromatic carbocycles. The van der Waals surface area contributed by atoms with E-state index in [1.165, 1.54) is 23.8 Å². The monoisotopic (exact) mass is 531 g/mol. The van der Waals surface area contributed by atoms with Gasteiger partial charge in [-0.3, -0.25) is 9.59 Å². The van der Waals surface area contributed by atoms with E-state index in [0.717, 1.165) is 42.5 Å². The Balaban J connectivity index is 0.00000205. The molecule has 1 unspecified atom stereocenters. The summed E-state index contributed by atoms with van der Waals surface area (Å²) in [6.45, 7) is 15.7. The van der Waals surface area contributed by atoms with E-state index in [-0.39, 0.29) is 40.0 Å². The van der Waals surface area contributed by atoms with Crippen molar-refractivity contribution in [2.75, 3.05) is 18.4 Å². The lowest BCUT2D eigenvalue weighted by molar-refractivity contribution is -0.139. The van der Waals surface area contributed by atoms with E-state index in [2.05, 4.69) is 37.3 Å². The Morgan fingerprint density at radius 2 is 1.82 bits per heavy atom. The summed E-state index contributed by atoms with van der Waals surface area (Å²) < 4.78 is 2.01. The lowest BCUT2D eigenvalue weighted by Crippen LogP contribution is -2.43. The zero-order valence-corrected chi connectivity index (χ0v) is 24.4. The molecule has 3 aromatic rings. The van der Waals surface area contributed by atoms with Crippen LogP contribution in [0.15, 0.2) is 30.6 Å². The number of aromatic nitrogens is 2. The maximum atomic E-state index is 13.0. The lowest BCUT2D eigenvalue weighted by atomic mass is 9.80. The molecule has 0 saturated carbocycles. The Labute approximate surface area is 231 Å². The second kappa shape index (κ2) is 11.9. The number of hydrogen-bond acceptors (Lipinski definition) is 5. The van der Waals surface area contributed by atoms with Gasteiger partial charge in [0.2, 0.25) is 5.91 Å². The van der Waals surface area contributed by atoms with Crippen LogP contribution in [-0.4, -0.2) is 44.5 Å². The molecule has 2 N–H and O–H groups in total. The minimum Gasteiger partial charge on any atom is -0.508 e. The SMILES string of the molecule is CC.Cc1c(NC(=O)c2cc(O)cc(C#N)c2)cnc2c1c(C1CCN(C(=O)C(C)C(C)(C)C)CC1)cn2C. The number of nitrogens with zero attached hydrogens (tertiary/aromatic N) is 4. The molecule has 3 heterocycles. The summed E-state index contributed by atoms with van der Waals surface area (Å²) in [7, 11) is 1.97. The van der Waals surface area contributed by atoms with Gasteiger partial charge < -0.3 is 19.9 Å². The van der Waals surface area contributed by atoms with E-state index < -0.39 is 5.91 Å². The van der Waals surface area contributed by atoms with Gasteiger partial charge in [0.1, 0.15) is 11.4 Å². The molecule has 1 atom stereocenters. The van der Waals surface area contributed by atoms with Crippen molar-refractivity contribution in [3.05, 3.63) is 52.8 Å². The maximum Gasteiger partial charge on any atom is 0.255 e. The van der Waals surface area contributed by atoms with Crippen molar-refractivity contribution < 1.29 is 14.7 Å². The first-order valence-corrected chi connectivity index (χ1v) is 13.7. The molecular weight excluding hydrogens is 490 g/mol. The highest BCUT2D eigenvalue weighted by atomic mass is 16.3. The van der Waals surface area contributed by atoms with Crippen LogP contribution < -0.4 is 5.32 Å². The third-order valence-electron chi connectivity index (χ3n) is 7.75. The number of phenols is 1. The fourth-order valence-electron chi connectivity index (χ4n) is 5.03. The molecule has 1 fully saturated rings. The number of anilines is 1. The number of pyridine rings is 1. The Hall–Kier alpha value is -3.86. The number of likely N-dealkylation sites (tertiary alicyclic amines) is 1. The van der Waals surface area contributed by atoms with Crippen LogP contribution >= 0.6 is 0 Å². The van der Waals surface area contributed by atoms with E-state index in [9.17, 15) is 14.7 Å². The van der Waals surface area contributed by atoms with E-state index in [4.69, 9.17) is 5.26 Å². The number of phenolic OH excluding ortho intramolecular Hbond substituents is 1. The second-order valence-electron chi connectivity index (χ2n) is 11.2. The number of aryl methyl sites for hydroxylation is 2. The van der Waals surface area contributed by atoms with Gasteiger partial charge in [-0.05, 0) is 60.4 Å². The molecule has 208 valence electrons. The summed E-state index contributed by atoms with van der Waals surface area (Å²) in [5, 5.41) is 22.9. The first-order valence-electron chi connectivity index (χ1n) is 13.7. The molecule has 2 amide bonds. The number of amides is 2. The Kier molecular flexibility index (Phi) is 9.06. The van der Waals surface area contributed by atoms with Gasteiger partial charge in [0, 0.05) is 43.2 Å². The zero-order valence-electron chi connectivity index (χ0n) is 24.4. The molecule has 2 aromatic heterocycles. The average molecular weight is 532 g/mol. The van der Waals surface area contributed by atoms with E-state index >= 15 is 0 Å².